The smallest absolute Gasteiger partial charge is 0.273 e. The predicted octanol–water partition coefficient (Wildman–Crippen LogP) is 4.72. The second kappa shape index (κ2) is 9.50. The molecule has 36 heavy (non-hydrogen) atoms. The normalized spacial score (nSPS) is 14.6. The summed E-state index contributed by atoms with van der Waals surface area (Å²) in [6, 6.07) is 21.9. The van der Waals surface area contributed by atoms with Crippen molar-refractivity contribution < 1.29 is 14.7 Å². The average Bonchev–Trinajstić information content (AvgIpc) is 3.34. The summed E-state index contributed by atoms with van der Waals surface area (Å²) in [5.41, 5.74) is 6.24. The number of phenolic OH excluding ortho intramolecular Hbond substituents is 1. The molecule has 1 atom stereocenters. The lowest BCUT2D eigenvalue weighted by Gasteiger charge is -2.09. The van der Waals surface area contributed by atoms with Crippen LogP contribution in [0.4, 0.5) is 17.1 Å². The molecule has 2 heterocycles. The molecule has 1 aliphatic heterocycles. The number of aliphatic imine (C=N–C) groups is 1. The molecule has 2 amide bonds. The van der Waals surface area contributed by atoms with Crippen LogP contribution in [0.2, 0.25) is 0 Å². The third-order valence-corrected chi connectivity index (χ3v) is 6.02. The van der Waals surface area contributed by atoms with E-state index in [1.54, 1.807) is 48.3 Å². The highest BCUT2D eigenvalue weighted by Crippen LogP contribution is 2.33. The first-order chi connectivity index (χ1) is 17.4. The fourth-order valence-corrected chi connectivity index (χ4v) is 4.34. The van der Waals surface area contributed by atoms with E-state index < -0.39 is 5.92 Å². The Morgan fingerprint density at radius 1 is 1.11 bits per heavy atom. The molecule has 3 N–H and O–H groups in total. The number of hydrogen-bond acceptors (Lipinski definition) is 5. The third kappa shape index (κ3) is 4.88. The molecule has 8 heteroatoms. The number of carbonyl (C=O) groups is 2. The molecule has 180 valence electrons. The maximum atomic E-state index is 12.7. The lowest BCUT2D eigenvalue weighted by atomic mass is 9.96. The lowest BCUT2D eigenvalue weighted by molar-refractivity contribution is -0.115. The number of aryl methyl sites for hydroxylation is 2. The van der Waals surface area contributed by atoms with E-state index in [2.05, 4.69) is 20.7 Å². The monoisotopic (exact) mass is 479 g/mol. The highest BCUT2D eigenvalue weighted by Gasteiger charge is 2.29. The number of hydrogen-bond donors (Lipinski definition) is 3. The number of carbonyl (C=O) groups excluding carboxylic acids is 2. The summed E-state index contributed by atoms with van der Waals surface area (Å²) in [4.78, 5) is 29.6. The molecule has 8 nitrogen and oxygen atoms in total. The molecular formula is C28H25N5O3. The lowest BCUT2D eigenvalue weighted by Crippen LogP contribution is -2.16. The summed E-state index contributed by atoms with van der Waals surface area (Å²) >= 11 is 0. The van der Waals surface area contributed by atoms with Gasteiger partial charge in [0.1, 0.15) is 17.4 Å². The van der Waals surface area contributed by atoms with Crippen LogP contribution >= 0.6 is 0 Å². The van der Waals surface area contributed by atoms with E-state index in [-0.39, 0.29) is 17.6 Å². The Bertz CT molecular complexity index is 1500. The Hall–Kier alpha value is -4.72. The quantitative estimate of drug-likeness (QED) is 0.348. The van der Waals surface area contributed by atoms with Gasteiger partial charge in [0.25, 0.3) is 5.91 Å². The first kappa shape index (κ1) is 23.0. The number of aromatic hydroxyl groups is 1. The zero-order chi connectivity index (χ0) is 25.2. The SMILES string of the molecule is Cc1cc(C(=O)Nc2cccc(Cc3ccc4c(c3)C(C=Nc3cccc(O)c3)C(=O)N4)c2)n(C)n1. The molecule has 0 saturated heterocycles. The molecule has 3 aromatic carbocycles. The molecule has 0 fully saturated rings. The topological polar surface area (TPSA) is 109 Å². The Balaban J connectivity index is 1.33. The zero-order valence-electron chi connectivity index (χ0n) is 19.9. The van der Waals surface area contributed by atoms with E-state index in [1.807, 2.05) is 49.4 Å². The summed E-state index contributed by atoms with van der Waals surface area (Å²) in [5.74, 6) is -0.750. The van der Waals surface area contributed by atoms with Crippen LogP contribution in [-0.2, 0) is 18.3 Å². The van der Waals surface area contributed by atoms with Crippen molar-refractivity contribution in [1.29, 1.82) is 0 Å². The second-order valence-corrected chi connectivity index (χ2v) is 8.81. The number of nitrogens with one attached hydrogen (secondary N) is 2. The molecule has 0 bridgehead atoms. The fraction of sp³-hybridized carbons (Fsp3) is 0.143. The van der Waals surface area contributed by atoms with Gasteiger partial charge in [-0.3, -0.25) is 19.3 Å². The molecule has 1 aliphatic rings. The minimum atomic E-state index is -0.518. The van der Waals surface area contributed by atoms with Crippen molar-refractivity contribution in [2.75, 3.05) is 10.6 Å². The van der Waals surface area contributed by atoms with Gasteiger partial charge < -0.3 is 15.7 Å². The van der Waals surface area contributed by atoms with Crippen LogP contribution in [0.1, 0.15) is 38.8 Å². The first-order valence-corrected chi connectivity index (χ1v) is 11.5. The van der Waals surface area contributed by atoms with Gasteiger partial charge in [0.2, 0.25) is 5.91 Å². The van der Waals surface area contributed by atoms with Gasteiger partial charge in [-0.25, -0.2) is 0 Å². The Morgan fingerprint density at radius 3 is 2.69 bits per heavy atom. The Morgan fingerprint density at radius 2 is 1.92 bits per heavy atom. The molecule has 5 rings (SSSR count). The molecule has 0 aliphatic carbocycles. The summed E-state index contributed by atoms with van der Waals surface area (Å²) in [6.07, 6.45) is 2.24. The van der Waals surface area contributed by atoms with Gasteiger partial charge in [0.05, 0.1) is 11.4 Å². The number of aromatic nitrogens is 2. The van der Waals surface area contributed by atoms with Crippen LogP contribution in [0.5, 0.6) is 5.75 Å². The third-order valence-electron chi connectivity index (χ3n) is 6.02. The number of fused-ring (bicyclic) bond motifs is 1. The van der Waals surface area contributed by atoms with Crippen LogP contribution in [0.3, 0.4) is 0 Å². The van der Waals surface area contributed by atoms with Crippen molar-refractivity contribution in [1.82, 2.24) is 9.78 Å². The van der Waals surface area contributed by atoms with Gasteiger partial charge in [-0.05, 0) is 66.4 Å². The van der Waals surface area contributed by atoms with Gasteiger partial charge in [0.15, 0.2) is 0 Å². The molecule has 0 radical (unpaired) electrons. The molecule has 4 aromatic rings. The second-order valence-electron chi connectivity index (χ2n) is 8.81. The number of phenols is 1. The van der Waals surface area contributed by atoms with E-state index in [1.165, 1.54) is 0 Å². The molecule has 0 spiro atoms. The van der Waals surface area contributed by atoms with Crippen LogP contribution < -0.4 is 10.6 Å². The summed E-state index contributed by atoms with van der Waals surface area (Å²) in [6.45, 7) is 1.85. The van der Waals surface area contributed by atoms with Gasteiger partial charge in [-0.1, -0.05) is 30.3 Å². The van der Waals surface area contributed by atoms with Crippen LogP contribution in [0, 0.1) is 6.92 Å². The molecule has 1 aromatic heterocycles. The molecular weight excluding hydrogens is 454 g/mol. The van der Waals surface area contributed by atoms with Gasteiger partial charge in [0, 0.05) is 30.7 Å². The Labute approximate surface area is 208 Å². The van der Waals surface area contributed by atoms with Crippen LogP contribution in [-0.4, -0.2) is 32.9 Å². The van der Waals surface area contributed by atoms with Crippen LogP contribution in [0.25, 0.3) is 0 Å². The number of anilines is 2. The largest absolute Gasteiger partial charge is 0.508 e. The van der Waals surface area contributed by atoms with E-state index >= 15 is 0 Å². The maximum absolute atomic E-state index is 12.7. The summed E-state index contributed by atoms with van der Waals surface area (Å²) in [5, 5.41) is 19.7. The predicted molar refractivity (Wildman–Crippen MR) is 139 cm³/mol. The average molecular weight is 480 g/mol. The van der Waals surface area contributed by atoms with Crippen molar-refractivity contribution in [3.05, 3.63) is 101 Å². The van der Waals surface area contributed by atoms with Crippen LogP contribution in [0.15, 0.2) is 77.8 Å². The van der Waals surface area contributed by atoms with Gasteiger partial charge in [-0.2, -0.15) is 5.10 Å². The fourth-order valence-electron chi connectivity index (χ4n) is 4.34. The summed E-state index contributed by atoms with van der Waals surface area (Å²) < 4.78 is 1.56. The molecule has 1 unspecified atom stereocenters. The minimum absolute atomic E-state index is 0.122. The highest BCUT2D eigenvalue weighted by molar-refractivity contribution is 6.12. The maximum Gasteiger partial charge on any atom is 0.273 e. The first-order valence-electron chi connectivity index (χ1n) is 11.5. The number of benzene rings is 3. The highest BCUT2D eigenvalue weighted by atomic mass is 16.3. The van der Waals surface area contributed by atoms with E-state index in [0.29, 0.717) is 23.5 Å². The van der Waals surface area contributed by atoms with Crippen molar-refractivity contribution in [2.24, 2.45) is 12.0 Å². The molecule has 0 saturated carbocycles. The van der Waals surface area contributed by atoms with E-state index in [9.17, 15) is 14.7 Å². The van der Waals surface area contributed by atoms with E-state index in [4.69, 9.17) is 0 Å². The van der Waals surface area contributed by atoms with Gasteiger partial charge >= 0.3 is 0 Å². The number of nitrogens with zero attached hydrogens (tertiary/aromatic N) is 3. The minimum Gasteiger partial charge on any atom is -0.508 e. The van der Waals surface area contributed by atoms with Gasteiger partial charge in [-0.15, -0.1) is 0 Å². The zero-order valence-corrected chi connectivity index (χ0v) is 19.9. The van der Waals surface area contributed by atoms with Crippen molar-refractivity contribution in [3.63, 3.8) is 0 Å². The summed E-state index contributed by atoms with van der Waals surface area (Å²) in [7, 11) is 1.74. The number of amides is 2. The Kier molecular flexibility index (Phi) is 6.08. The number of rotatable bonds is 6. The standard InChI is InChI=1S/C28H25N5O3/c1-17-11-26(33(2)32-17)28(36)30-21-7-3-5-18(13-21)12-19-9-10-25-23(14-19)24(27(35)31-25)16-29-20-6-4-8-22(34)15-20/h3-11,13-16,24,34H,12H2,1-2H3,(H,30,36)(H,31,35). The van der Waals surface area contributed by atoms with Crippen molar-refractivity contribution >= 4 is 35.1 Å². The van der Waals surface area contributed by atoms with Crippen molar-refractivity contribution in [3.8, 4) is 5.75 Å². The van der Waals surface area contributed by atoms with Crippen molar-refractivity contribution in [2.45, 2.75) is 19.3 Å². The van der Waals surface area contributed by atoms with E-state index in [0.717, 1.165) is 28.1 Å².